The third-order valence-corrected chi connectivity index (χ3v) is 7.23. The summed E-state index contributed by atoms with van der Waals surface area (Å²) in [7, 11) is 1.65. The van der Waals surface area contributed by atoms with Gasteiger partial charge in [0.1, 0.15) is 5.56 Å². The molecule has 2 fully saturated rings. The van der Waals surface area contributed by atoms with Crippen molar-refractivity contribution in [2.24, 2.45) is 13.0 Å². The number of anilines is 1. The van der Waals surface area contributed by atoms with E-state index in [-0.39, 0.29) is 17.0 Å². The molecule has 2 unspecified atom stereocenters. The minimum atomic E-state index is -0.467. The Hall–Kier alpha value is -2.93. The Labute approximate surface area is 195 Å². The zero-order valence-electron chi connectivity index (χ0n) is 19.8. The first-order valence-corrected chi connectivity index (χ1v) is 12.0. The fraction of sp³-hybridized carbons (Fsp3) is 0.500. The van der Waals surface area contributed by atoms with Gasteiger partial charge in [-0.1, -0.05) is 12.5 Å². The number of pyridine rings is 1. The number of carbonyl (C=O) groups excluding carboxylic acids is 2. The molecule has 7 heteroatoms. The van der Waals surface area contributed by atoms with Crippen LogP contribution in [0.25, 0.3) is 0 Å². The van der Waals surface area contributed by atoms with Crippen LogP contribution in [0.1, 0.15) is 64.1 Å². The highest BCUT2D eigenvalue weighted by molar-refractivity contribution is 6.05. The standard InChI is InChI=1S/C26H34N4O3/c1-17-14-18(2)29(3)26(33)23(17)25(32)28-21-10-6-8-19(15-21)24(31)27-16-20-9-7-13-30-12-5-4-11-22(20)30/h6,8,10,14-15,20,22H,4-5,7,9,11-13,16H2,1-3H3,(H,27,31)(H,28,32). The van der Waals surface area contributed by atoms with Gasteiger partial charge >= 0.3 is 0 Å². The molecule has 0 spiro atoms. The van der Waals surface area contributed by atoms with Crippen molar-refractivity contribution < 1.29 is 9.59 Å². The molecule has 0 radical (unpaired) electrons. The number of rotatable bonds is 5. The first kappa shape index (κ1) is 23.2. The van der Waals surface area contributed by atoms with Gasteiger partial charge in [-0.2, -0.15) is 0 Å². The first-order valence-electron chi connectivity index (χ1n) is 12.0. The second-order valence-corrected chi connectivity index (χ2v) is 9.45. The molecule has 0 aliphatic carbocycles. The lowest BCUT2D eigenvalue weighted by atomic mass is 9.83. The Morgan fingerprint density at radius 3 is 2.64 bits per heavy atom. The second kappa shape index (κ2) is 9.91. The molecule has 2 saturated heterocycles. The fourth-order valence-electron chi connectivity index (χ4n) is 5.33. The van der Waals surface area contributed by atoms with Crippen molar-refractivity contribution >= 4 is 17.5 Å². The van der Waals surface area contributed by atoms with Crippen LogP contribution in [-0.4, -0.2) is 47.0 Å². The van der Waals surface area contributed by atoms with Gasteiger partial charge in [0.05, 0.1) is 0 Å². The summed E-state index contributed by atoms with van der Waals surface area (Å²) >= 11 is 0. The van der Waals surface area contributed by atoms with Crippen LogP contribution in [0.15, 0.2) is 35.1 Å². The second-order valence-electron chi connectivity index (χ2n) is 9.45. The van der Waals surface area contributed by atoms with E-state index in [0.717, 1.165) is 12.1 Å². The van der Waals surface area contributed by atoms with Crippen LogP contribution < -0.4 is 16.2 Å². The van der Waals surface area contributed by atoms with E-state index in [9.17, 15) is 14.4 Å². The number of carbonyl (C=O) groups is 2. The van der Waals surface area contributed by atoms with Gasteiger partial charge in [-0.3, -0.25) is 14.4 Å². The van der Waals surface area contributed by atoms with Gasteiger partial charge in [0.25, 0.3) is 17.4 Å². The van der Waals surface area contributed by atoms with E-state index in [1.165, 1.54) is 43.3 Å². The smallest absolute Gasteiger partial charge is 0.263 e. The molecular weight excluding hydrogens is 416 g/mol. The molecule has 0 bridgehead atoms. The Morgan fingerprint density at radius 1 is 1.03 bits per heavy atom. The summed E-state index contributed by atoms with van der Waals surface area (Å²) in [5, 5.41) is 5.90. The van der Waals surface area contributed by atoms with Gasteiger partial charge in [0.2, 0.25) is 0 Å². The van der Waals surface area contributed by atoms with Crippen molar-refractivity contribution in [1.82, 2.24) is 14.8 Å². The van der Waals surface area contributed by atoms with Crippen LogP contribution in [0.5, 0.6) is 0 Å². The van der Waals surface area contributed by atoms with Crippen LogP contribution >= 0.6 is 0 Å². The molecule has 2 aliphatic heterocycles. The summed E-state index contributed by atoms with van der Waals surface area (Å²) in [5.74, 6) is -0.113. The predicted molar refractivity (Wildman–Crippen MR) is 130 cm³/mol. The predicted octanol–water partition coefficient (Wildman–Crippen LogP) is 3.25. The van der Waals surface area contributed by atoms with E-state index in [1.807, 2.05) is 13.0 Å². The lowest BCUT2D eigenvalue weighted by Crippen LogP contribution is -2.51. The monoisotopic (exact) mass is 450 g/mol. The normalized spacial score (nSPS) is 20.7. The van der Waals surface area contributed by atoms with Crippen LogP contribution in [0.3, 0.4) is 0 Å². The minimum absolute atomic E-state index is 0.118. The van der Waals surface area contributed by atoms with Crippen LogP contribution in [0, 0.1) is 19.8 Å². The molecule has 7 nitrogen and oxygen atoms in total. The maximum atomic E-state index is 12.9. The molecule has 4 rings (SSSR count). The van der Waals surface area contributed by atoms with Crippen LogP contribution in [0.4, 0.5) is 5.69 Å². The SMILES string of the molecule is Cc1cc(C)n(C)c(=O)c1C(=O)Nc1cccc(C(=O)NCC2CCCN3CCCCC23)c1. The quantitative estimate of drug-likeness (QED) is 0.733. The van der Waals surface area contributed by atoms with Crippen molar-refractivity contribution in [3.63, 3.8) is 0 Å². The van der Waals surface area contributed by atoms with Crippen molar-refractivity contribution in [3.8, 4) is 0 Å². The lowest BCUT2D eigenvalue weighted by Gasteiger charge is -2.44. The van der Waals surface area contributed by atoms with Gasteiger partial charge in [-0.25, -0.2) is 0 Å². The number of hydrogen-bond donors (Lipinski definition) is 2. The molecule has 176 valence electrons. The van der Waals surface area contributed by atoms with E-state index in [4.69, 9.17) is 0 Å². The van der Waals surface area contributed by atoms with Gasteiger partial charge < -0.3 is 20.1 Å². The number of piperidine rings is 2. The Bertz CT molecular complexity index is 1110. The van der Waals surface area contributed by atoms with E-state index >= 15 is 0 Å². The molecule has 2 N–H and O–H groups in total. The lowest BCUT2D eigenvalue weighted by molar-refractivity contribution is 0.0575. The number of aromatic nitrogens is 1. The molecule has 3 heterocycles. The highest BCUT2D eigenvalue weighted by atomic mass is 16.2. The van der Waals surface area contributed by atoms with Crippen molar-refractivity contribution in [3.05, 3.63) is 63.1 Å². The summed E-state index contributed by atoms with van der Waals surface area (Å²) in [6, 6.07) is 9.28. The topological polar surface area (TPSA) is 83.4 Å². The molecule has 0 saturated carbocycles. The van der Waals surface area contributed by atoms with Crippen molar-refractivity contribution in [2.45, 2.75) is 52.0 Å². The zero-order valence-corrected chi connectivity index (χ0v) is 19.8. The van der Waals surface area contributed by atoms with E-state index < -0.39 is 5.91 Å². The Balaban J connectivity index is 1.41. The van der Waals surface area contributed by atoms with Gasteiger partial charge in [-0.15, -0.1) is 0 Å². The summed E-state index contributed by atoms with van der Waals surface area (Å²) in [6.07, 6.45) is 6.12. The number of benzene rings is 1. The summed E-state index contributed by atoms with van der Waals surface area (Å²) in [5.41, 5.74) is 2.20. The largest absolute Gasteiger partial charge is 0.352 e. The number of aryl methyl sites for hydroxylation is 2. The average molecular weight is 451 g/mol. The summed E-state index contributed by atoms with van der Waals surface area (Å²) < 4.78 is 1.46. The van der Waals surface area contributed by atoms with E-state index in [1.54, 1.807) is 38.2 Å². The maximum absolute atomic E-state index is 12.9. The highest BCUT2D eigenvalue weighted by Crippen LogP contribution is 2.30. The number of nitrogens with zero attached hydrogens (tertiary/aromatic N) is 2. The van der Waals surface area contributed by atoms with Crippen LogP contribution in [0.2, 0.25) is 0 Å². The summed E-state index contributed by atoms with van der Waals surface area (Å²) in [4.78, 5) is 40.9. The number of hydrogen-bond acceptors (Lipinski definition) is 4. The van der Waals surface area contributed by atoms with Crippen molar-refractivity contribution in [2.75, 3.05) is 25.0 Å². The average Bonchev–Trinajstić information content (AvgIpc) is 2.81. The first-order chi connectivity index (χ1) is 15.8. The number of fused-ring (bicyclic) bond motifs is 1. The minimum Gasteiger partial charge on any atom is -0.352 e. The number of nitrogens with one attached hydrogen (secondary N) is 2. The Morgan fingerprint density at radius 2 is 1.82 bits per heavy atom. The molecule has 33 heavy (non-hydrogen) atoms. The number of amides is 2. The molecule has 1 aromatic heterocycles. The van der Waals surface area contributed by atoms with Gasteiger partial charge in [0, 0.05) is 36.6 Å². The molecular formula is C26H34N4O3. The summed E-state index contributed by atoms with van der Waals surface area (Å²) in [6.45, 7) is 6.62. The zero-order chi connectivity index (χ0) is 23.5. The van der Waals surface area contributed by atoms with Crippen molar-refractivity contribution in [1.29, 1.82) is 0 Å². The van der Waals surface area contributed by atoms with Gasteiger partial charge in [-0.05, 0) is 88.4 Å². The van der Waals surface area contributed by atoms with Crippen LogP contribution in [-0.2, 0) is 7.05 Å². The molecule has 2 amide bonds. The molecule has 1 aromatic carbocycles. The highest BCUT2D eigenvalue weighted by Gasteiger charge is 2.33. The molecule has 2 aliphatic rings. The fourth-order valence-corrected chi connectivity index (χ4v) is 5.33. The van der Waals surface area contributed by atoms with E-state index in [0.29, 0.717) is 35.3 Å². The maximum Gasteiger partial charge on any atom is 0.263 e. The third kappa shape index (κ3) is 5.03. The third-order valence-electron chi connectivity index (χ3n) is 7.23. The Kier molecular flexibility index (Phi) is 6.98. The molecule has 2 atom stereocenters. The van der Waals surface area contributed by atoms with Gasteiger partial charge in [0.15, 0.2) is 0 Å². The van der Waals surface area contributed by atoms with E-state index in [2.05, 4.69) is 15.5 Å². The molecule has 2 aromatic rings.